The smallest absolute Gasteiger partial charge is 0.295 e. The van der Waals surface area contributed by atoms with Crippen molar-refractivity contribution in [2.45, 2.75) is 32.4 Å². The van der Waals surface area contributed by atoms with E-state index in [9.17, 15) is 19.1 Å². The molecule has 1 aliphatic rings. The number of benzene rings is 2. The van der Waals surface area contributed by atoms with Crippen molar-refractivity contribution < 1.29 is 23.8 Å². The number of likely N-dealkylation sites (tertiary alicyclic amines) is 1. The van der Waals surface area contributed by atoms with Gasteiger partial charge in [-0.25, -0.2) is 4.39 Å². The van der Waals surface area contributed by atoms with Crippen molar-refractivity contribution in [3.8, 4) is 5.75 Å². The lowest BCUT2D eigenvalue weighted by Gasteiger charge is -2.26. The molecule has 176 valence electrons. The van der Waals surface area contributed by atoms with Gasteiger partial charge in [-0.2, -0.15) is 0 Å². The Hall–Kier alpha value is -2.71. The number of Topliss-reactive ketones (excluding diaryl/α,β-unsaturated/α-hetero) is 1. The molecule has 3 rings (SSSR count). The Morgan fingerprint density at radius 2 is 1.94 bits per heavy atom. The van der Waals surface area contributed by atoms with Gasteiger partial charge in [0.15, 0.2) is 11.6 Å². The van der Waals surface area contributed by atoms with E-state index in [0.717, 1.165) is 17.1 Å². The van der Waals surface area contributed by atoms with Gasteiger partial charge in [-0.1, -0.05) is 28.1 Å². The van der Waals surface area contributed by atoms with Crippen LogP contribution in [-0.4, -0.2) is 59.9 Å². The first-order valence-electron chi connectivity index (χ1n) is 10.7. The molecular weight excluding hydrogens is 491 g/mol. The molecule has 1 atom stereocenters. The normalized spacial score (nSPS) is 17.9. The minimum Gasteiger partial charge on any atom is -0.507 e. The van der Waals surface area contributed by atoms with Crippen LogP contribution in [-0.2, 0) is 9.59 Å². The summed E-state index contributed by atoms with van der Waals surface area (Å²) in [4.78, 5) is 29.5. The SMILES string of the molecule is CC(C)Oc1ccc(/C(O)=C2\C(=O)C(=O)N(CCCN(C)C)[C@H]2c2cccc(Br)c2)cc1F. The summed E-state index contributed by atoms with van der Waals surface area (Å²) in [5, 5.41) is 11.1. The third-order valence-electron chi connectivity index (χ3n) is 5.28. The first-order chi connectivity index (χ1) is 15.6. The third-order valence-corrected chi connectivity index (χ3v) is 5.77. The molecule has 0 aliphatic carbocycles. The summed E-state index contributed by atoms with van der Waals surface area (Å²) < 4.78 is 20.8. The summed E-state index contributed by atoms with van der Waals surface area (Å²) in [6.07, 6.45) is 0.434. The molecule has 8 heteroatoms. The van der Waals surface area contributed by atoms with Crippen molar-refractivity contribution in [3.05, 3.63) is 69.5 Å². The van der Waals surface area contributed by atoms with E-state index in [-0.39, 0.29) is 23.0 Å². The summed E-state index contributed by atoms with van der Waals surface area (Å²) in [6, 6.07) is 10.5. The molecule has 6 nitrogen and oxygen atoms in total. The highest BCUT2D eigenvalue weighted by molar-refractivity contribution is 9.10. The Labute approximate surface area is 201 Å². The van der Waals surface area contributed by atoms with E-state index in [1.807, 2.05) is 31.1 Å². The predicted molar refractivity (Wildman–Crippen MR) is 128 cm³/mol. The number of nitrogens with zero attached hydrogens (tertiary/aromatic N) is 2. The highest BCUT2D eigenvalue weighted by atomic mass is 79.9. The number of ketones is 1. The molecule has 1 aliphatic heterocycles. The van der Waals surface area contributed by atoms with Crippen molar-refractivity contribution in [1.29, 1.82) is 0 Å². The van der Waals surface area contributed by atoms with Crippen molar-refractivity contribution in [2.24, 2.45) is 0 Å². The molecule has 2 aromatic carbocycles. The van der Waals surface area contributed by atoms with Crippen LogP contribution < -0.4 is 4.74 Å². The van der Waals surface area contributed by atoms with Crippen molar-refractivity contribution in [3.63, 3.8) is 0 Å². The quantitative estimate of drug-likeness (QED) is 0.310. The van der Waals surface area contributed by atoms with Crippen molar-refractivity contribution in [1.82, 2.24) is 9.80 Å². The Bertz CT molecular complexity index is 1080. The van der Waals surface area contributed by atoms with E-state index in [1.54, 1.807) is 26.0 Å². The molecule has 0 saturated carbocycles. The molecule has 1 saturated heterocycles. The standard InChI is InChI=1S/C25H28BrFN2O4/c1-15(2)33-20-10-9-17(14-19(20)27)23(30)21-22(16-7-5-8-18(26)13-16)29(25(32)24(21)31)12-6-11-28(3)4/h5,7-10,13-15,22,30H,6,11-12H2,1-4H3/b23-21+/t22-/m0/s1. The Kier molecular flexibility index (Phi) is 7.92. The van der Waals surface area contributed by atoms with Gasteiger partial charge < -0.3 is 19.6 Å². The van der Waals surface area contributed by atoms with Gasteiger partial charge in [0.2, 0.25) is 0 Å². The van der Waals surface area contributed by atoms with Crippen LogP contribution in [0.5, 0.6) is 5.75 Å². The lowest BCUT2D eigenvalue weighted by molar-refractivity contribution is -0.139. The van der Waals surface area contributed by atoms with E-state index in [0.29, 0.717) is 18.5 Å². The predicted octanol–water partition coefficient (Wildman–Crippen LogP) is 4.75. The summed E-state index contributed by atoms with van der Waals surface area (Å²) >= 11 is 3.43. The van der Waals surface area contributed by atoms with Gasteiger partial charge in [0, 0.05) is 16.6 Å². The Morgan fingerprint density at radius 1 is 1.21 bits per heavy atom. The maximum Gasteiger partial charge on any atom is 0.295 e. The van der Waals surface area contributed by atoms with Gasteiger partial charge in [0.05, 0.1) is 17.7 Å². The number of ether oxygens (including phenoxy) is 1. The van der Waals surface area contributed by atoms with E-state index < -0.39 is 29.3 Å². The molecule has 1 heterocycles. The lowest BCUT2D eigenvalue weighted by Crippen LogP contribution is -2.32. The zero-order chi connectivity index (χ0) is 24.3. The average Bonchev–Trinajstić information content (AvgIpc) is 2.99. The molecule has 1 amide bonds. The number of rotatable bonds is 8. The van der Waals surface area contributed by atoms with E-state index in [2.05, 4.69) is 15.9 Å². The highest BCUT2D eigenvalue weighted by Gasteiger charge is 2.45. The van der Waals surface area contributed by atoms with Gasteiger partial charge in [0.1, 0.15) is 5.76 Å². The number of amides is 1. The van der Waals surface area contributed by atoms with Crippen LogP contribution >= 0.6 is 15.9 Å². The molecule has 0 unspecified atom stereocenters. The van der Waals surface area contributed by atoms with Crippen LogP contribution in [0.2, 0.25) is 0 Å². The van der Waals surface area contributed by atoms with Crippen LogP contribution in [0.4, 0.5) is 4.39 Å². The molecule has 1 fully saturated rings. The number of carbonyl (C=O) groups is 2. The van der Waals surface area contributed by atoms with Crippen LogP contribution in [0.3, 0.4) is 0 Å². The number of hydrogen-bond donors (Lipinski definition) is 1. The van der Waals surface area contributed by atoms with Crippen LogP contribution in [0.15, 0.2) is 52.5 Å². The van der Waals surface area contributed by atoms with E-state index >= 15 is 0 Å². The minimum absolute atomic E-state index is 0.0502. The minimum atomic E-state index is -0.787. The molecule has 0 aromatic heterocycles. The summed E-state index contributed by atoms with van der Waals surface area (Å²) in [5.74, 6) is -2.49. The van der Waals surface area contributed by atoms with Crippen LogP contribution in [0.25, 0.3) is 5.76 Å². The molecule has 1 N–H and O–H groups in total. The topological polar surface area (TPSA) is 70.1 Å². The highest BCUT2D eigenvalue weighted by Crippen LogP contribution is 2.40. The largest absolute Gasteiger partial charge is 0.507 e. The van der Waals surface area contributed by atoms with Gasteiger partial charge in [0.25, 0.3) is 11.7 Å². The van der Waals surface area contributed by atoms with Crippen molar-refractivity contribution >= 4 is 33.4 Å². The number of aliphatic hydroxyl groups is 1. The third kappa shape index (κ3) is 5.62. The fraction of sp³-hybridized carbons (Fsp3) is 0.360. The molecule has 2 aromatic rings. The monoisotopic (exact) mass is 518 g/mol. The molecule has 0 spiro atoms. The second kappa shape index (κ2) is 10.5. The Balaban J connectivity index is 2.08. The Morgan fingerprint density at radius 3 is 2.55 bits per heavy atom. The van der Waals surface area contributed by atoms with E-state index in [4.69, 9.17) is 4.74 Å². The maximum absolute atomic E-state index is 14.6. The number of halogens is 2. The van der Waals surface area contributed by atoms with Gasteiger partial charge in [-0.05, 0) is 76.8 Å². The summed E-state index contributed by atoms with van der Waals surface area (Å²) in [7, 11) is 3.86. The van der Waals surface area contributed by atoms with E-state index in [1.165, 1.54) is 17.0 Å². The van der Waals surface area contributed by atoms with Crippen molar-refractivity contribution in [2.75, 3.05) is 27.2 Å². The number of aliphatic hydroxyl groups excluding tert-OH is 1. The molecule has 33 heavy (non-hydrogen) atoms. The van der Waals surface area contributed by atoms with Crippen LogP contribution in [0.1, 0.15) is 37.4 Å². The fourth-order valence-electron chi connectivity index (χ4n) is 3.84. The average molecular weight is 519 g/mol. The molecular formula is C25H28BrFN2O4. The van der Waals surface area contributed by atoms with Gasteiger partial charge in [-0.3, -0.25) is 9.59 Å². The fourth-order valence-corrected chi connectivity index (χ4v) is 4.26. The summed E-state index contributed by atoms with van der Waals surface area (Å²) in [6.45, 7) is 4.63. The maximum atomic E-state index is 14.6. The zero-order valence-electron chi connectivity index (χ0n) is 19.1. The zero-order valence-corrected chi connectivity index (χ0v) is 20.7. The van der Waals surface area contributed by atoms with Gasteiger partial charge in [-0.15, -0.1) is 0 Å². The number of carbonyl (C=O) groups excluding carboxylic acids is 2. The van der Waals surface area contributed by atoms with Gasteiger partial charge >= 0.3 is 0 Å². The lowest BCUT2D eigenvalue weighted by atomic mass is 9.95. The summed E-state index contributed by atoms with van der Waals surface area (Å²) in [5.41, 5.74) is 0.727. The second-order valence-electron chi connectivity index (χ2n) is 8.52. The first kappa shape index (κ1) is 24.9. The molecule has 0 radical (unpaired) electrons. The van der Waals surface area contributed by atoms with Crippen LogP contribution in [0, 0.1) is 5.82 Å². The first-order valence-corrected chi connectivity index (χ1v) is 11.5. The number of hydrogen-bond acceptors (Lipinski definition) is 5. The second-order valence-corrected chi connectivity index (χ2v) is 9.43. The molecule has 0 bridgehead atoms.